The number of benzene rings is 1. The van der Waals surface area contributed by atoms with Crippen LogP contribution in [0.15, 0.2) is 41.5 Å². The maximum atomic E-state index is 12.4. The Balaban J connectivity index is 1.79. The average Bonchev–Trinajstić information content (AvgIpc) is 2.93. The van der Waals surface area contributed by atoms with Crippen LogP contribution in [0.4, 0.5) is 0 Å². The lowest BCUT2D eigenvalue weighted by Crippen LogP contribution is -2.30. The summed E-state index contributed by atoms with van der Waals surface area (Å²) in [5, 5.41) is 0.716. The number of sulfonamides is 1. The lowest BCUT2D eigenvalue weighted by atomic mass is 10.1. The summed E-state index contributed by atoms with van der Waals surface area (Å²) in [5.74, 6) is 0. The van der Waals surface area contributed by atoms with Gasteiger partial charge in [0.25, 0.3) is 10.0 Å². The summed E-state index contributed by atoms with van der Waals surface area (Å²) < 4.78 is 27.4. The average molecular weight is 336 g/mol. The predicted octanol–water partition coefficient (Wildman–Crippen LogP) is 2.42. The zero-order chi connectivity index (χ0) is 15.7. The molecule has 0 unspecified atom stereocenters. The number of aromatic nitrogens is 1. The van der Waals surface area contributed by atoms with Crippen LogP contribution >= 0.6 is 11.6 Å². The van der Waals surface area contributed by atoms with Crippen molar-refractivity contribution in [2.24, 2.45) is 4.99 Å². The Labute approximate surface area is 134 Å². The van der Waals surface area contributed by atoms with Crippen molar-refractivity contribution in [2.45, 2.75) is 20.0 Å². The molecule has 5 nitrogen and oxygen atoms in total. The van der Waals surface area contributed by atoms with Crippen LogP contribution in [0, 0.1) is 6.92 Å². The van der Waals surface area contributed by atoms with Crippen molar-refractivity contribution in [3.05, 3.63) is 63.9 Å². The molecule has 0 amide bonds. The number of aliphatic imine (C=N–C) groups is 1. The van der Waals surface area contributed by atoms with E-state index in [1.165, 1.54) is 0 Å². The Bertz CT molecular complexity index is 863. The molecule has 0 saturated heterocycles. The van der Waals surface area contributed by atoms with Crippen molar-refractivity contribution in [1.29, 1.82) is 0 Å². The number of halogens is 1. The van der Waals surface area contributed by atoms with E-state index in [2.05, 4.69) is 14.7 Å². The van der Waals surface area contributed by atoms with E-state index in [0.29, 0.717) is 22.8 Å². The third-order valence-electron chi connectivity index (χ3n) is 3.44. The maximum absolute atomic E-state index is 12.4. The smallest absolute Gasteiger partial charge is 0.258 e. The summed E-state index contributed by atoms with van der Waals surface area (Å²) in [5.41, 5.74) is 3.01. The molecule has 22 heavy (non-hydrogen) atoms. The molecule has 1 aliphatic rings. The summed E-state index contributed by atoms with van der Waals surface area (Å²) in [6.45, 7) is 2.37. The first-order valence-electron chi connectivity index (χ1n) is 6.71. The van der Waals surface area contributed by atoms with Crippen LogP contribution in [-0.4, -0.2) is 18.4 Å². The number of aryl methyl sites for hydroxylation is 1. The van der Waals surface area contributed by atoms with Crippen LogP contribution < -0.4 is 4.72 Å². The first kappa shape index (κ1) is 15.1. The molecule has 1 N–H and O–H groups in total. The molecule has 2 heterocycles. The molecule has 0 fully saturated rings. The molecular formula is C15H14ClN3O2S. The number of fused-ring (bicyclic) bond motifs is 1. The topological polar surface area (TPSA) is 71.4 Å². The summed E-state index contributed by atoms with van der Waals surface area (Å²) in [7, 11) is -3.67. The quantitative estimate of drug-likeness (QED) is 0.936. The van der Waals surface area contributed by atoms with E-state index in [0.717, 1.165) is 11.1 Å². The predicted molar refractivity (Wildman–Crippen MR) is 86.4 cm³/mol. The van der Waals surface area contributed by atoms with Crippen molar-refractivity contribution >= 4 is 26.7 Å². The number of hydrogen-bond donors (Lipinski definition) is 1. The fourth-order valence-electron chi connectivity index (χ4n) is 2.28. The molecule has 1 aromatic carbocycles. The van der Waals surface area contributed by atoms with Crippen molar-refractivity contribution < 1.29 is 8.42 Å². The monoisotopic (exact) mass is 335 g/mol. The van der Waals surface area contributed by atoms with E-state index >= 15 is 0 Å². The first-order valence-corrected chi connectivity index (χ1v) is 8.57. The zero-order valence-corrected chi connectivity index (χ0v) is 13.4. The molecular weight excluding hydrogens is 322 g/mol. The zero-order valence-electron chi connectivity index (χ0n) is 11.9. The van der Waals surface area contributed by atoms with Crippen LogP contribution in [0.25, 0.3) is 0 Å². The second-order valence-electron chi connectivity index (χ2n) is 5.03. The molecule has 0 saturated carbocycles. The summed E-state index contributed by atoms with van der Waals surface area (Å²) >= 11 is 5.97. The Hall–Kier alpha value is -1.76. The van der Waals surface area contributed by atoms with Gasteiger partial charge in [0.15, 0.2) is 5.04 Å². The van der Waals surface area contributed by atoms with Gasteiger partial charge in [0.2, 0.25) is 0 Å². The van der Waals surface area contributed by atoms with E-state index in [1.54, 1.807) is 30.5 Å². The van der Waals surface area contributed by atoms with Crippen LogP contribution in [0.5, 0.6) is 0 Å². The molecule has 0 spiro atoms. The van der Waals surface area contributed by atoms with Crippen molar-refractivity contribution in [1.82, 2.24) is 9.71 Å². The molecule has 0 bridgehead atoms. The van der Waals surface area contributed by atoms with E-state index in [-0.39, 0.29) is 11.6 Å². The van der Waals surface area contributed by atoms with E-state index in [9.17, 15) is 8.42 Å². The van der Waals surface area contributed by atoms with Gasteiger partial charge >= 0.3 is 0 Å². The second kappa shape index (κ2) is 5.79. The summed E-state index contributed by atoms with van der Waals surface area (Å²) in [6.07, 6.45) is 1.63. The molecule has 0 aliphatic carbocycles. The first-order chi connectivity index (χ1) is 10.5. The maximum Gasteiger partial charge on any atom is 0.258 e. The number of pyridine rings is 1. The fraction of sp³-hybridized carbons (Fsp3) is 0.200. The third kappa shape index (κ3) is 2.90. The molecule has 114 valence electrons. The Kier molecular flexibility index (Phi) is 3.99. The fourth-order valence-corrected chi connectivity index (χ4v) is 3.60. The lowest BCUT2D eigenvalue weighted by Gasteiger charge is -2.08. The van der Waals surface area contributed by atoms with Gasteiger partial charge < -0.3 is 0 Å². The third-order valence-corrected chi connectivity index (χ3v) is 5.24. The Morgan fingerprint density at radius 3 is 2.91 bits per heavy atom. The number of nitrogens with zero attached hydrogens (tertiary/aromatic N) is 2. The van der Waals surface area contributed by atoms with Crippen molar-refractivity contribution in [3.8, 4) is 0 Å². The van der Waals surface area contributed by atoms with E-state index < -0.39 is 10.0 Å². The van der Waals surface area contributed by atoms with Gasteiger partial charge in [-0.3, -0.25) is 9.98 Å². The minimum atomic E-state index is -3.67. The molecule has 0 radical (unpaired) electrons. The number of rotatable bonds is 3. The minimum absolute atomic E-state index is 0.0567. The van der Waals surface area contributed by atoms with Gasteiger partial charge in [0.1, 0.15) is 0 Å². The highest BCUT2D eigenvalue weighted by Crippen LogP contribution is 2.20. The van der Waals surface area contributed by atoms with Crippen LogP contribution in [0.3, 0.4) is 0 Å². The molecule has 1 aliphatic heterocycles. The second-order valence-corrected chi connectivity index (χ2v) is 7.12. The Morgan fingerprint density at radius 2 is 2.14 bits per heavy atom. The molecule has 0 atom stereocenters. The van der Waals surface area contributed by atoms with Crippen LogP contribution in [0.2, 0.25) is 5.02 Å². The normalized spacial score (nSPS) is 13.8. The largest absolute Gasteiger partial charge is 0.265 e. The number of hydrogen-bond acceptors (Lipinski definition) is 4. The van der Waals surface area contributed by atoms with Crippen LogP contribution in [-0.2, 0) is 23.1 Å². The van der Waals surface area contributed by atoms with E-state index in [1.807, 2.05) is 13.0 Å². The van der Waals surface area contributed by atoms with Gasteiger partial charge in [-0.1, -0.05) is 23.7 Å². The van der Waals surface area contributed by atoms with Crippen LogP contribution in [0.1, 0.15) is 22.4 Å². The van der Waals surface area contributed by atoms with Crippen molar-refractivity contribution in [3.63, 3.8) is 0 Å². The molecule has 2 aromatic rings. The van der Waals surface area contributed by atoms with Gasteiger partial charge in [0, 0.05) is 23.3 Å². The number of nitrogens with one attached hydrogen (secondary N) is 1. The van der Waals surface area contributed by atoms with Crippen molar-refractivity contribution in [2.75, 3.05) is 0 Å². The van der Waals surface area contributed by atoms with Gasteiger partial charge in [-0.25, -0.2) is 13.1 Å². The highest BCUT2D eigenvalue weighted by atomic mass is 35.5. The highest BCUT2D eigenvalue weighted by Gasteiger charge is 2.27. The van der Waals surface area contributed by atoms with Gasteiger partial charge in [-0.05, 0) is 36.2 Å². The lowest BCUT2D eigenvalue weighted by molar-refractivity contribution is 0.593. The molecule has 3 rings (SSSR count). The summed E-state index contributed by atoms with van der Waals surface area (Å²) in [6, 6.07) is 8.84. The van der Waals surface area contributed by atoms with Gasteiger partial charge in [-0.2, -0.15) is 0 Å². The highest BCUT2D eigenvalue weighted by molar-refractivity contribution is 8.05. The summed E-state index contributed by atoms with van der Waals surface area (Å²) in [4.78, 5) is 8.24. The van der Waals surface area contributed by atoms with Gasteiger partial charge in [0.05, 0.1) is 12.2 Å². The molecule has 7 heteroatoms. The minimum Gasteiger partial charge on any atom is -0.265 e. The molecule has 1 aromatic heterocycles. The van der Waals surface area contributed by atoms with Gasteiger partial charge in [-0.15, -0.1) is 0 Å². The SMILES string of the molecule is Cc1cc(CNS(=O)(=O)C2=NCc3ncccc32)ccc1Cl. The van der Waals surface area contributed by atoms with E-state index in [4.69, 9.17) is 11.6 Å². The standard InChI is InChI=1S/C15H14ClN3O2S/c1-10-7-11(4-5-13(10)16)8-19-22(20,21)15-12-3-2-6-17-14(12)9-18-15/h2-7,19H,8-9H2,1H3. The Morgan fingerprint density at radius 1 is 1.32 bits per heavy atom.